The van der Waals surface area contributed by atoms with E-state index in [1.807, 2.05) is 11.8 Å². The van der Waals surface area contributed by atoms with Crippen LogP contribution in [0.5, 0.6) is 0 Å². The normalized spacial score (nSPS) is 23.9. The molecule has 0 radical (unpaired) electrons. The summed E-state index contributed by atoms with van der Waals surface area (Å²) in [5.41, 5.74) is 1.38. The van der Waals surface area contributed by atoms with E-state index in [0.29, 0.717) is 6.04 Å². The molecule has 2 aliphatic rings. The lowest BCUT2D eigenvalue weighted by atomic mass is 10.1. The maximum Gasteiger partial charge on any atom is 0.194 e. The van der Waals surface area contributed by atoms with E-state index in [9.17, 15) is 0 Å². The molecule has 1 aromatic carbocycles. The van der Waals surface area contributed by atoms with Gasteiger partial charge in [0.2, 0.25) is 0 Å². The number of aliphatic imine (C=N–C) groups is 1. The van der Waals surface area contributed by atoms with E-state index in [4.69, 9.17) is 9.73 Å². The van der Waals surface area contributed by atoms with Gasteiger partial charge in [0, 0.05) is 39.3 Å². The fourth-order valence-corrected chi connectivity index (χ4v) is 4.18. The van der Waals surface area contributed by atoms with Crippen LogP contribution in [0.2, 0.25) is 0 Å². The molecule has 1 aromatic rings. The zero-order chi connectivity index (χ0) is 18.2. The maximum atomic E-state index is 6.10. The van der Waals surface area contributed by atoms with Crippen LogP contribution in [-0.4, -0.2) is 79.2 Å². The number of hydrogen-bond acceptors (Lipinski definition) is 4. The monoisotopic (exact) mass is 376 g/mol. The minimum absolute atomic E-state index is 0.280. The zero-order valence-electron chi connectivity index (χ0n) is 16.1. The van der Waals surface area contributed by atoms with Crippen LogP contribution in [0.1, 0.15) is 18.9 Å². The summed E-state index contributed by atoms with van der Waals surface area (Å²) in [4.78, 5) is 9.82. The number of nitrogens with one attached hydrogen (secondary N) is 1. The summed E-state index contributed by atoms with van der Waals surface area (Å²) in [5, 5.41) is 3.47. The molecule has 2 atom stereocenters. The lowest BCUT2D eigenvalue weighted by Crippen LogP contribution is -2.50. The van der Waals surface area contributed by atoms with E-state index in [1.165, 1.54) is 11.3 Å². The van der Waals surface area contributed by atoms with Crippen molar-refractivity contribution in [1.29, 1.82) is 0 Å². The highest BCUT2D eigenvalue weighted by Gasteiger charge is 2.41. The quantitative estimate of drug-likeness (QED) is 0.449. The van der Waals surface area contributed by atoms with Crippen LogP contribution < -0.4 is 5.32 Å². The molecular formula is C20H32N4OS. The Morgan fingerprint density at radius 1 is 1.31 bits per heavy atom. The first-order valence-electron chi connectivity index (χ1n) is 9.73. The summed E-state index contributed by atoms with van der Waals surface area (Å²) in [6.45, 7) is 8.69. The number of benzene rings is 1. The number of likely N-dealkylation sites (tertiary alicyclic amines) is 1. The van der Waals surface area contributed by atoms with Crippen LogP contribution >= 0.6 is 11.8 Å². The number of thioether (sulfide) groups is 1. The van der Waals surface area contributed by atoms with E-state index in [1.54, 1.807) is 0 Å². The van der Waals surface area contributed by atoms with Gasteiger partial charge < -0.3 is 15.0 Å². The Labute approximate surface area is 162 Å². The smallest absolute Gasteiger partial charge is 0.194 e. The molecule has 2 fully saturated rings. The molecule has 0 spiro atoms. The number of ether oxygens (including phenoxy) is 1. The minimum atomic E-state index is 0.280. The highest BCUT2D eigenvalue weighted by Crippen LogP contribution is 2.24. The molecule has 0 bridgehead atoms. The lowest BCUT2D eigenvalue weighted by Gasteiger charge is -2.36. The van der Waals surface area contributed by atoms with Gasteiger partial charge in [-0.25, -0.2) is 0 Å². The highest BCUT2D eigenvalue weighted by atomic mass is 32.2. The van der Waals surface area contributed by atoms with Crippen LogP contribution in [0, 0.1) is 0 Å². The number of nitrogens with zero attached hydrogens (tertiary/aromatic N) is 3. The second-order valence-electron chi connectivity index (χ2n) is 6.92. The minimum Gasteiger partial charge on any atom is -0.373 e. The van der Waals surface area contributed by atoms with Gasteiger partial charge in [0.25, 0.3) is 0 Å². The van der Waals surface area contributed by atoms with Crippen molar-refractivity contribution in [1.82, 2.24) is 15.1 Å². The third-order valence-corrected chi connectivity index (χ3v) is 5.74. The molecule has 2 aliphatic heterocycles. The van der Waals surface area contributed by atoms with Crippen molar-refractivity contribution in [2.45, 2.75) is 32.0 Å². The molecule has 2 heterocycles. The van der Waals surface area contributed by atoms with Crippen molar-refractivity contribution in [2.75, 3.05) is 51.3 Å². The molecule has 5 nitrogen and oxygen atoms in total. The van der Waals surface area contributed by atoms with E-state index in [0.717, 1.165) is 58.3 Å². The molecule has 2 saturated heterocycles. The van der Waals surface area contributed by atoms with Gasteiger partial charge in [0.05, 0.1) is 18.8 Å². The molecule has 1 N–H and O–H groups in total. The topological polar surface area (TPSA) is 40.1 Å². The Morgan fingerprint density at radius 3 is 2.92 bits per heavy atom. The first-order valence-corrected chi connectivity index (χ1v) is 11.1. The first kappa shape index (κ1) is 19.5. The number of morpholine rings is 1. The van der Waals surface area contributed by atoms with Crippen LogP contribution in [-0.2, 0) is 11.3 Å². The van der Waals surface area contributed by atoms with Gasteiger partial charge in [-0.1, -0.05) is 30.3 Å². The number of rotatable bonds is 7. The number of guanidine groups is 1. The summed E-state index contributed by atoms with van der Waals surface area (Å²) < 4.78 is 6.10. The predicted molar refractivity (Wildman–Crippen MR) is 111 cm³/mol. The van der Waals surface area contributed by atoms with Gasteiger partial charge in [0.15, 0.2) is 5.96 Å². The molecule has 0 aromatic heterocycles. The van der Waals surface area contributed by atoms with Crippen molar-refractivity contribution in [3.8, 4) is 0 Å². The largest absolute Gasteiger partial charge is 0.373 e. The fraction of sp³-hybridized carbons (Fsp3) is 0.650. The van der Waals surface area contributed by atoms with E-state index >= 15 is 0 Å². The molecule has 2 unspecified atom stereocenters. The maximum absolute atomic E-state index is 6.10. The van der Waals surface area contributed by atoms with E-state index in [-0.39, 0.29) is 6.10 Å². The summed E-state index contributed by atoms with van der Waals surface area (Å²) in [6, 6.07) is 11.2. The Morgan fingerprint density at radius 2 is 2.15 bits per heavy atom. The van der Waals surface area contributed by atoms with E-state index < -0.39 is 0 Å². The zero-order valence-corrected chi connectivity index (χ0v) is 16.9. The molecule has 26 heavy (non-hydrogen) atoms. The summed E-state index contributed by atoms with van der Waals surface area (Å²) >= 11 is 1.89. The standard InChI is InChI=1S/C20H32N4OS/c1-3-21-20(22-10-7-13-26-2)24-15-18-19(16-24)25-12-11-23(18)14-17-8-5-4-6-9-17/h4-6,8-9,18-19H,3,7,10-16H2,1-2H3,(H,21,22). The van der Waals surface area contributed by atoms with Crippen LogP contribution in [0.15, 0.2) is 35.3 Å². The van der Waals surface area contributed by atoms with Gasteiger partial charge >= 0.3 is 0 Å². The second-order valence-corrected chi connectivity index (χ2v) is 7.91. The summed E-state index contributed by atoms with van der Waals surface area (Å²) in [7, 11) is 0. The highest BCUT2D eigenvalue weighted by molar-refractivity contribution is 7.98. The van der Waals surface area contributed by atoms with Crippen molar-refractivity contribution < 1.29 is 4.74 Å². The lowest BCUT2D eigenvalue weighted by molar-refractivity contribution is -0.0502. The van der Waals surface area contributed by atoms with Gasteiger partial charge in [-0.3, -0.25) is 9.89 Å². The SMILES string of the molecule is CCNC(=NCCCSC)N1CC2OCCN(Cc3ccccc3)C2C1. The molecule has 0 amide bonds. The fourth-order valence-electron chi connectivity index (χ4n) is 3.77. The van der Waals surface area contributed by atoms with Gasteiger partial charge in [-0.05, 0) is 30.9 Å². The van der Waals surface area contributed by atoms with Crippen molar-refractivity contribution in [3.63, 3.8) is 0 Å². The van der Waals surface area contributed by atoms with Crippen molar-refractivity contribution in [3.05, 3.63) is 35.9 Å². The predicted octanol–water partition coefficient (Wildman–Crippen LogP) is 2.29. The first-order chi connectivity index (χ1) is 12.8. The molecule has 6 heteroatoms. The Kier molecular flexibility index (Phi) is 7.65. The Balaban J connectivity index is 1.63. The van der Waals surface area contributed by atoms with Crippen molar-refractivity contribution in [2.24, 2.45) is 4.99 Å². The average Bonchev–Trinajstić information content (AvgIpc) is 3.10. The molecule has 0 aliphatic carbocycles. The Hall–Kier alpha value is -1.24. The summed E-state index contributed by atoms with van der Waals surface area (Å²) in [5.74, 6) is 2.22. The van der Waals surface area contributed by atoms with Crippen LogP contribution in [0.3, 0.4) is 0 Å². The van der Waals surface area contributed by atoms with Gasteiger partial charge in [-0.15, -0.1) is 0 Å². The molecular weight excluding hydrogens is 344 g/mol. The molecule has 0 saturated carbocycles. The Bertz CT molecular complexity index is 568. The molecule has 144 valence electrons. The third kappa shape index (κ3) is 5.15. The second kappa shape index (κ2) is 10.2. The van der Waals surface area contributed by atoms with Crippen LogP contribution in [0.4, 0.5) is 0 Å². The van der Waals surface area contributed by atoms with Gasteiger partial charge in [0.1, 0.15) is 0 Å². The summed E-state index contributed by atoms with van der Waals surface area (Å²) in [6.07, 6.45) is 3.56. The number of hydrogen-bond donors (Lipinski definition) is 1. The van der Waals surface area contributed by atoms with Crippen molar-refractivity contribution >= 4 is 17.7 Å². The number of fused-ring (bicyclic) bond motifs is 1. The average molecular weight is 377 g/mol. The van der Waals surface area contributed by atoms with Gasteiger partial charge in [-0.2, -0.15) is 11.8 Å². The third-order valence-electron chi connectivity index (χ3n) is 5.05. The van der Waals surface area contributed by atoms with E-state index in [2.05, 4.69) is 58.6 Å². The van der Waals surface area contributed by atoms with Crippen LogP contribution in [0.25, 0.3) is 0 Å². The molecule has 3 rings (SSSR count).